The zero-order valence-corrected chi connectivity index (χ0v) is 18.3. The Morgan fingerprint density at radius 3 is 2.47 bits per heavy atom. The van der Waals surface area contributed by atoms with Crippen molar-refractivity contribution >= 4 is 5.57 Å². The molecule has 1 saturated carbocycles. The summed E-state index contributed by atoms with van der Waals surface area (Å²) in [6.07, 6.45) is 17.0. The van der Waals surface area contributed by atoms with E-state index in [0.717, 1.165) is 35.5 Å². The third kappa shape index (κ3) is 4.83. The molecule has 0 spiro atoms. The van der Waals surface area contributed by atoms with Gasteiger partial charge in [0.25, 0.3) is 0 Å². The SMILES string of the molecule is CCC1=CC=C(c2ccc(-c3ccc(C4CCCC(C)CC4)cc3)c(F)c2)CC=C1. The molecule has 0 nitrogen and oxygen atoms in total. The number of hydrogen-bond donors (Lipinski definition) is 0. The van der Waals surface area contributed by atoms with Crippen molar-refractivity contribution in [2.45, 2.75) is 64.7 Å². The monoisotopic (exact) mass is 400 g/mol. The van der Waals surface area contributed by atoms with E-state index >= 15 is 4.39 Å². The first-order valence-corrected chi connectivity index (χ1v) is 11.6. The number of hydrogen-bond acceptors (Lipinski definition) is 0. The highest BCUT2D eigenvalue weighted by Gasteiger charge is 2.18. The molecular formula is C29H33F. The lowest BCUT2D eigenvalue weighted by Crippen LogP contribution is -1.98. The molecule has 0 radical (unpaired) electrons. The fourth-order valence-corrected chi connectivity index (χ4v) is 4.82. The molecule has 4 rings (SSSR count). The Bertz CT molecular complexity index is 958. The van der Waals surface area contributed by atoms with Gasteiger partial charge in [-0.2, -0.15) is 0 Å². The Hall–Kier alpha value is -2.41. The van der Waals surface area contributed by atoms with Gasteiger partial charge >= 0.3 is 0 Å². The zero-order chi connectivity index (χ0) is 20.9. The quantitative estimate of drug-likeness (QED) is 0.450. The summed E-state index contributed by atoms with van der Waals surface area (Å²) < 4.78 is 15.0. The fourth-order valence-electron chi connectivity index (χ4n) is 4.82. The molecule has 1 heteroatoms. The normalized spacial score (nSPS) is 22.1. The van der Waals surface area contributed by atoms with Crippen LogP contribution < -0.4 is 0 Å². The van der Waals surface area contributed by atoms with E-state index in [-0.39, 0.29) is 5.82 Å². The second-order valence-electron chi connectivity index (χ2n) is 9.02. The van der Waals surface area contributed by atoms with Crippen LogP contribution in [0.2, 0.25) is 0 Å². The van der Waals surface area contributed by atoms with Gasteiger partial charge in [0.1, 0.15) is 5.82 Å². The van der Waals surface area contributed by atoms with E-state index in [1.165, 1.54) is 43.2 Å². The topological polar surface area (TPSA) is 0 Å². The lowest BCUT2D eigenvalue weighted by Gasteiger charge is -2.15. The van der Waals surface area contributed by atoms with Crippen LogP contribution in [-0.4, -0.2) is 0 Å². The fraction of sp³-hybridized carbons (Fsp3) is 0.379. The van der Waals surface area contributed by atoms with Crippen molar-refractivity contribution in [3.63, 3.8) is 0 Å². The van der Waals surface area contributed by atoms with Crippen LogP contribution in [0, 0.1) is 11.7 Å². The summed E-state index contributed by atoms with van der Waals surface area (Å²) in [6, 6.07) is 14.3. The molecule has 2 aliphatic rings. The van der Waals surface area contributed by atoms with E-state index in [1.54, 1.807) is 6.07 Å². The Kier molecular flexibility index (Phi) is 6.67. The summed E-state index contributed by atoms with van der Waals surface area (Å²) in [7, 11) is 0. The summed E-state index contributed by atoms with van der Waals surface area (Å²) in [4.78, 5) is 0. The molecule has 2 aliphatic carbocycles. The van der Waals surface area contributed by atoms with Crippen molar-refractivity contribution in [2.75, 3.05) is 0 Å². The molecular weight excluding hydrogens is 367 g/mol. The molecule has 0 heterocycles. The largest absolute Gasteiger partial charge is 0.206 e. The molecule has 2 unspecified atom stereocenters. The molecule has 0 N–H and O–H groups in total. The van der Waals surface area contributed by atoms with Crippen LogP contribution in [0.3, 0.4) is 0 Å². The predicted octanol–water partition coefficient (Wildman–Crippen LogP) is 8.86. The van der Waals surface area contributed by atoms with E-state index in [2.05, 4.69) is 68.5 Å². The van der Waals surface area contributed by atoms with E-state index < -0.39 is 0 Å². The van der Waals surface area contributed by atoms with Gasteiger partial charge in [0.05, 0.1) is 0 Å². The molecule has 0 aromatic heterocycles. The standard InChI is InChI=1S/C29H33F/c1-3-22-7-5-9-24(13-11-22)27-18-19-28(29(30)20-27)26-16-14-25(15-17-26)23-8-4-6-21(2)10-12-23/h5,7,11,13-21,23H,3-4,6,8-10,12H2,1-2H3. The maximum atomic E-state index is 15.0. The van der Waals surface area contributed by atoms with Crippen molar-refractivity contribution < 1.29 is 4.39 Å². The zero-order valence-electron chi connectivity index (χ0n) is 18.3. The Morgan fingerprint density at radius 1 is 0.900 bits per heavy atom. The first-order chi connectivity index (χ1) is 14.6. The molecule has 0 saturated heterocycles. The second-order valence-corrected chi connectivity index (χ2v) is 9.02. The molecule has 156 valence electrons. The van der Waals surface area contributed by atoms with Crippen LogP contribution in [0.5, 0.6) is 0 Å². The van der Waals surface area contributed by atoms with Gasteiger partial charge in [0.15, 0.2) is 0 Å². The summed E-state index contributed by atoms with van der Waals surface area (Å²) in [5.74, 6) is 1.37. The van der Waals surface area contributed by atoms with Crippen LogP contribution >= 0.6 is 0 Å². The number of allylic oxidation sites excluding steroid dienone is 6. The lowest BCUT2D eigenvalue weighted by molar-refractivity contribution is 0.499. The van der Waals surface area contributed by atoms with Crippen LogP contribution in [0.15, 0.2) is 72.3 Å². The van der Waals surface area contributed by atoms with Crippen LogP contribution in [0.25, 0.3) is 16.7 Å². The molecule has 0 bridgehead atoms. The Morgan fingerprint density at radius 2 is 1.70 bits per heavy atom. The highest BCUT2D eigenvalue weighted by molar-refractivity contribution is 5.73. The van der Waals surface area contributed by atoms with E-state index in [4.69, 9.17) is 0 Å². The van der Waals surface area contributed by atoms with Crippen molar-refractivity contribution in [3.8, 4) is 11.1 Å². The minimum Gasteiger partial charge on any atom is -0.206 e. The van der Waals surface area contributed by atoms with E-state index in [9.17, 15) is 0 Å². The molecule has 0 amide bonds. The van der Waals surface area contributed by atoms with Gasteiger partial charge in [-0.05, 0) is 71.4 Å². The van der Waals surface area contributed by atoms with Gasteiger partial charge in [-0.25, -0.2) is 4.39 Å². The van der Waals surface area contributed by atoms with Gasteiger partial charge in [-0.3, -0.25) is 0 Å². The third-order valence-corrected chi connectivity index (χ3v) is 6.87. The average molecular weight is 401 g/mol. The summed E-state index contributed by atoms with van der Waals surface area (Å²) in [6.45, 7) is 4.53. The molecule has 2 aromatic rings. The van der Waals surface area contributed by atoms with Gasteiger partial charge in [-0.1, -0.05) is 93.8 Å². The van der Waals surface area contributed by atoms with Crippen LogP contribution in [0.4, 0.5) is 4.39 Å². The van der Waals surface area contributed by atoms with Crippen molar-refractivity contribution in [1.82, 2.24) is 0 Å². The Labute approximate surface area is 181 Å². The number of halogens is 1. The maximum absolute atomic E-state index is 15.0. The summed E-state index contributed by atoms with van der Waals surface area (Å²) in [5.41, 5.74) is 6.52. The average Bonchev–Trinajstić information content (AvgIpc) is 3.14. The van der Waals surface area contributed by atoms with Crippen molar-refractivity contribution in [1.29, 1.82) is 0 Å². The van der Waals surface area contributed by atoms with Gasteiger partial charge < -0.3 is 0 Å². The summed E-state index contributed by atoms with van der Waals surface area (Å²) >= 11 is 0. The lowest BCUT2D eigenvalue weighted by atomic mass is 9.90. The van der Waals surface area contributed by atoms with E-state index in [0.29, 0.717) is 11.5 Å². The number of rotatable bonds is 4. The maximum Gasteiger partial charge on any atom is 0.131 e. The highest BCUT2D eigenvalue weighted by atomic mass is 19.1. The second kappa shape index (κ2) is 9.60. The summed E-state index contributed by atoms with van der Waals surface area (Å²) in [5, 5.41) is 0. The first kappa shape index (κ1) is 20.8. The third-order valence-electron chi connectivity index (χ3n) is 6.87. The van der Waals surface area contributed by atoms with Gasteiger partial charge in [0, 0.05) is 5.56 Å². The van der Waals surface area contributed by atoms with Gasteiger partial charge in [-0.15, -0.1) is 0 Å². The van der Waals surface area contributed by atoms with Crippen LogP contribution in [-0.2, 0) is 0 Å². The smallest absolute Gasteiger partial charge is 0.131 e. The number of benzene rings is 2. The highest BCUT2D eigenvalue weighted by Crippen LogP contribution is 2.35. The van der Waals surface area contributed by atoms with Crippen LogP contribution in [0.1, 0.15) is 75.8 Å². The molecule has 0 aliphatic heterocycles. The minimum atomic E-state index is -0.141. The minimum absolute atomic E-state index is 0.141. The Balaban J connectivity index is 1.53. The first-order valence-electron chi connectivity index (χ1n) is 11.6. The van der Waals surface area contributed by atoms with Crippen molar-refractivity contribution in [2.24, 2.45) is 5.92 Å². The molecule has 30 heavy (non-hydrogen) atoms. The molecule has 2 aromatic carbocycles. The predicted molar refractivity (Wildman–Crippen MR) is 127 cm³/mol. The van der Waals surface area contributed by atoms with Gasteiger partial charge in [0.2, 0.25) is 0 Å². The molecule has 1 fully saturated rings. The van der Waals surface area contributed by atoms with E-state index in [1.807, 2.05) is 6.07 Å². The molecule has 2 atom stereocenters. The van der Waals surface area contributed by atoms with Crippen molar-refractivity contribution in [3.05, 3.63) is 89.3 Å².